The van der Waals surface area contributed by atoms with Crippen molar-refractivity contribution in [2.45, 2.75) is 19.9 Å². The number of hydrogen-bond acceptors (Lipinski definition) is 5. The maximum absolute atomic E-state index is 11.8. The number of carbonyl (C=O) groups excluding carboxylic acids is 2. The monoisotopic (exact) mass is 319 g/mol. The molecule has 0 unspecified atom stereocenters. The zero-order valence-electron chi connectivity index (χ0n) is 11.1. The van der Waals surface area contributed by atoms with E-state index in [1.165, 1.54) is 6.07 Å². The molecule has 0 aliphatic carbocycles. The molecule has 0 spiro atoms. The minimum atomic E-state index is -1.24. The van der Waals surface area contributed by atoms with Crippen molar-refractivity contribution in [2.75, 3.05) is 18.5 Å². The third-order valence-corrected chi connectivity index (χ3v) is 3.01. The molecule has 1 aromatic rings. The largest absolute Gasteiger partial charge is 0.464 e. The average molecular weight is 320 g/mol. The van der Waals surface area contributed by atoms with E-state index in [1.54, 1.807) is 26.0 Å². The number of hydrogen-bond donors (Lipinski definition) is 1. The molecule has 0 aliphatic heterocycles. The molecule has 5 nitrogen and oxygen atoms in total. The molecule has 1 aromatic carbocycles. The van der Waals surface area contributed by atoms with Gasteiger partial charge in [-0.1, -0.05) is 23.2 Å². The Morgan fingerprint density at radius 1 is 1.10 bits per heavy atom. The van der Waals surface area contributed by atoms with Crippen molar-refractivity contribution in [1.29, 1.82) is 0 Å². The van der Waals surface area contributed by atoms with Crippen molar-refractivity contribution in [2.24, 2.45) is 0 Å². The van der Waals surface area contributed by atoms with Gasteiger partial charge in [-0.2, -0.15) is 0 Å². The molecule has 0 saturated carbocycles. The van der Waals surface area contributed by atoms with E-state index in [2.05, 4.69) is 5.32 Å². The van der Waals surface area contributed by atoms with Crippen LogP contribution in [-0.4, -0.2) is 31.2 Å². The van der Waals surface area contributed by atoms with Crippen molar-refractivity contribution < 1.29 is 19.1 Å². The molecule has 0 fully saturated rings. The fourth-order valence-electron chi connectivity index (χ4n) is 1.42. The Hall–Kier alpha value is -1.46. The van der Waals surface area contributed by atoms with E-state index in [0.717, 1.165) is 0 Å². The lowest BCUT2D eigenvalue weighted by molar-refractivity contribution is -0.155. The van der Waals surface area contributed by atoms with Gasteiger partial charge in [0.1, 0.15) is 0 Å². The number of esters is 2. The number of nitrogens with one attached hydrogen (secondary N) is 1. The van der Waals surface area contributed by atoms with E-state index in [-0.39, 0.29) is 13.2 Å². The summed E-state index contributed by atoms with van der Waals surface area (Å²) in [5.41, 5.74) is 0.463. The summed E-state index contributed by atoms with van der Waals surface area (Å²) in [5.74, 6) is -1.42. The van der Waals surface area contributed by atoms with E-state index >= 15 is 0 Å². The van der Waals surface area contributed by atoms with Crippen molar-refractivity contribution in [3.05, 3.63) is 28.2 Å². The Balaban J connectivity index is 2.90. The molecule has 0 heterocycles. The van der Waals surface area contributed by atoms with Gasteiger partial charge in [0.2, 0.25) is 6.04 Å². The lowest BCUT2D eigenvalue weighted by atomic mass is 10.2. The number of rotatable bonds is 6. The molecule has 110 valence electrons. The second-order valence-corrected chi connectivity index (χ2v) is 4.52. The minimum absolute atomic E-state index is 0.164. The summed E-state index contributed by atoms with van der Waals surface area (Å²) in [7, 11) is 0. The maximum Gasteiger partial charge on any atom is 0.340 e. The number of anilines is 1. The number of benzene rings is 1. The van der Waals surface area contributed by atoms with Gasteiger partial charge in [0, 0.05) is 5.69 Å². The fraction of sp³-hybridized carbons (Fsp3) is 0.385. The van der Waals surface area contributed by atoms with Crippen molar-refractivity contribution in [3.63, 3.8) is 0 Å². The van der Waals surface area contributed by atoms with Gasteiger partial charge in [0.15, 0.2) is 0 Å². The van der Waals surface area contributed by atoms with Gasteiger partial charge in [-0.25, -0.2) is 9.59 Å². The van der Waals surface area contributed by atoms with Crippen molar-refractivity contribution >= 4 is 40.8 Å². The first kappa shape index (κ1) is 16.6. The summed E-state index contributed by atoms with van der Waals surface area (Å²) < 4.78 is 9.67. The third-order valence-electron chi connectivity index (χ3n) is 2.28. The fourth-order valence-corrected chi connectivity index (χ4v) is 1.72. The van der Waals surface area contributed by atoms with Crippen LogP contribution in [0, 0.1) is 0 Å². The van der Waals surface area contributed by atoms with E-state index in [0.29, 0.717) is 15.7 Å². The van der Waals surface area contributed by atoms with Crippen LogP contribution >= 0.6 is 23.2 Å². The molecule has 7 heteroatoms. The lowest BCUT2D eigenvalue weighted by Gasteiger charge is -2.17. The molecule has 0 saturated heterocycles. The van der Waals surface area contributed by atoms with Crippen LogP contribution in [0.4, 0.5) is 5.69 Å². The van der Waals surface area contributed by atoms with Crippen LogP contribution in [0.25, 0.3) is 0 Å². The van der Waals surface area contributed by atoms with Gasteiger partial charge < -0.3 is 14.8 Å². The summed E-state index contributed by atoms with van der Waals surface area (Å²) in [6, 6.07) is 3.42. The van der Waals surface area contributed by atoms with Crippen LogP contribution in [0.3, 0.4) is 0 Å². The number of halogens is 2. The summed E-state index contributed by atoms with van der Waals surface area (Å²) in [4.78, 5) is 23.5. The Morgan fingerprint density at radius 2 is 1.65 bits per heavy atom. The van der Waals surface area contributed by atoms with Crippen molar-refractivity contribution in [1.82, 2.24) is 0 Å². The zero-order valence-corrected chi connectivity index (χ0v) is 12.6. The molecule has 0 aromatic heterocycles. The highest BCUT2D eigenvalue weighted by Crippen LogP contribution is 2.25. The molecule has 20 heavy (non-hydrogen) atoms. The number of ether oxygens (including phenoxy) is 2. The summed E-state index contributed by atoms with van der Waals surface area (Å²) in [5, 5.41) is 3.41. The quantitative estimate of drug-likeness (QED) is 0.645. The molecule has 1 rings (SSSR count). The second-order valence-electron chi connectivity index (χ2n) is 3.71. The average Bonchev–Trinajstić information content (AvgIpc) is 2.40. The predicted octanol–water partition coefficient (Wildman–Crippen LogP) is 2.90. The Labute approximate surface area is 127 Å². The van der Waals surface area contributed by atoms with Gasteiger partial charge in [-0.3, -0.25) is 0 Å². The van der Waals surface area contributed by atoms with Crippen LogP contribution < -0.4 is 5.32 Å². The topological polar surface area (TPSA) is 64.6 Å². The molecule has 0 aliphatic rings. The van der Waals surface area contributed by atoms with Crippen LogP contribution in [-0.2, 0) is 19.1 Å². The Morgan fingerprint density at radius 3 is 2.10 bits per heavy atom. The molecule has 0 atom stereocenters. The molecule has 1 N–H and O–H groups in total. The smallest absolute Gasteiger partial charge is 0.340 e. The molecule has 0 radical (unpaired) electrons. The van der Waals surface area contributed by atoms with Gasteiger partial charge in [-0.05, 0) is 32.0 Å². The van der Waals surface area contributed by atoms with Crippen LogP contribution in [0.5, 0.6) is 0 Å². The molecular weight excluding hydrogens is 305 g/mol. The van der Waals surface area contributed by atoms with Gasteiger partial charge >= 0.3 is 11.9 Å². The summed E-state index contributed by atoms with van der Waals surface area (Å²) >= 11 is 11.7. The highest BCUT2D eigenvalue weighted by atomic mass is 35.5. The SMILES string of the molecule is CCOC(=O)C(Nc1ccc(Cl)c(Cl)c1)C(=O)OCC. The molecular formula is C13H15Cl2NO4. The second kappa shape index (κ2) is 7.97. The third kappa shape index (κ3) is 4.58. The van der Waals surface area contributed by atoms with Crippen LogP contribution in [0.1, 0.15) is 13.8 Å². The molecule has 0 amide bonds. The van der Waals surface area contributed by atoms with Crippen LogP contribution in [0.2, 0.25) is 10.0 Å². The Kier molecular flexibility index (Phi) is 6.61. The zero-order chi connectivity index (χ0) is 15.1. The first-order chi connectivity index (χ1) is 9.49. The van der Waals surface area contributed by atoms with E-state index < -0.39 is 18.0 Å². The summed E-state index contributed by atoms with van der Waals surface area (Å²) in [6.07, 6.45) is 0. The maximum atomic E-state index is 11.8. The number of carbonyl (C=O) groups is 2. The highest BCUT2D eigenvalue weighted by molar-refractivity contribution is 6.42. The summed E-state index contributed by atoms with van der Waals surface area (Å²) in [6.45, 7) is 3.63. The van der Waals surface area contributed by atoms with E-state index in [9.17, 15) is 9.59 Å². The predicted molar refractivity (Wildman–Crippen MR) is 77.1 cm³/mol. The molecule has 0 bridgehead atoms. The van der Waals surface area contributed by atoms with Gasteiger partial charge in [0.25, 0.3) is 0 Å². The standard InChI is InChI=1S/C13H15Cl2NO4/c1-3-19-12(17)11(13(18)20-4-2)16-8-5-6-9(14)10(15)7-8/h5-7,11,16H,3-4H2,1-2H3. The van der Waals surface area contributed by atoms with Crippen LogP contribution in [0.15, 0.2) is 18.2 Å². The van der Waals surface area contributed by atoms with Gasteiger partial charge in [0.05, 0.1) is 23.3 Å². The first-order valence-electron chi connectivity index (χ1n) is 6.04. The van der Waals surface area contributed by atoms with Crippen molar-refractivity contribution in [3.8, 4) is 0 Å². The Bertz CT molecular complexity index is 475. The highest BCUT2D eigenvalue weighted by Gasteiger charge is 2.29. The van der Waals surface area contributed by atoms with E-state index in [4.69, 9.17) is 32.7 Å². The normalized spacial score (nSPS) is 10.2. The first-order valence-corrected chi connectivity index (χ1v) is 6.80. The lowest BCUT2D eigenvalue weighted by Crippen LogP contribution is -2.40. The minimum Gasteiger partial charge on any atom is -0.464 e. The van der Waals surface area contributed by atoms with E-state index in [1.807, 2.05) is 0 Å². The van der Waals surface area contributed by atoms with Gasteiger partial charge in [-0.15, -0.1) is 0 Å².